The van der Waals surface area contributed by atoms with E-state index in [-0.39, 0.29) is 18.2 Å². The minimum atomic E-state index is -0.118. The average Bonchev–Trinajstić information content (AvgIpc) is 2.95. The molecular formula is C17H23N3O2. The lowest BCUT2D eigenvalue weighted by Crippen LogP contribution is -2.46. The lowest BCUT2D eigenvalue weighted by Gasteiger charge is -2.24. The van der Waals surface area contributed by atoms with E-state index >= 15 is 0 Å². The molecular weight excluding hydrogens is 278 g/mol. The van der Waals surface area contributed by atoms with Crippen LogP contribution in [0.25, 0.3) is 0 Å². The Bertz CT molecular complexity index is 540. The number of carbonyl (C=O) groups excluding carboxylic acids is 1. The highest BCUT2D eigenvalue weighted by molar-refractivity contribution is 6.01. The maximum Gasteiger partial charge on any atom is 0.318 e. The van der Waals surface area contributed by atoms with E-state index in [1.807, 2.05) is 44.2 Å². The molecule has 1 aromatic rings. The van der Waals surface area contributed by atoms with Crippen molar-refractivity contribution in [1.29, 1.82) is 0 Å². The zero-order chi connectivity index (χ0) is 15.9. The number of carbonyl (C=O) groups is 1. The van der Waals surface area contributed by atoms with Crippen LogP contribution >= 0.6 is 0 Å². The van der Waals surface area contributed by atoms with Gasteiger partial charge in [0.2, 0.25) is 0 Å². The van der Waals surface area contributed by atoms with Crippen molar-refractivity contribution in [2.45, 2.75) is 32.4 Å². The monoisotopic (exact) mass is 301 g/mol. The zero-order valence-electron chi connectivity index (χ0n) is 13.2. The third-order valence-electron chi connectivity index (χ3n) is 3.31. The number of amides is 2. The largest absolute Gasteiger partial charge is 0.390 e. The fourth-order valence-corrected chi connectivity index (χ4v) is 2.31. The molecule has 1 heterocycles. The number of nitrogens with zero attached hydrogens (tertiary/aromatic N) is 2. The SMILES string of the molecule is C=CCN(C[C@@H]1CC(c2ccccc2)=NO1)C(=O)NC(C)C. The number of urea groups is 1. The van der Waals surface area contributed by atoms with Crippen LogP contribution in [-0.2, 0) is 4.84 Å². The third-order valence-corrected chi connectivity index (χ3v) is 3.31. The van der Waals surface area contributed by atoms with Gasteiger partial charge in [0.15, 0.2) is 6.10 Å². The summed E-state index contributed by atoms with van der Waals surface area (Å²) >= 11 is 0. The van der Waals surface area contributed by atoms with Crippen molar-refractivity contribution in [3.8, 4) is 0 Å². The molecule has 0 bridgehead atoms. The first kappa shape index (κ1) is 16.1. The van der Waals surface area contributed by atoms with Gasteiger partial charge in [0, 0.05) is 19.0 Å². The molecule has 1 N–H and O–H groups in total. The first-order chi connectivity index (χ1) is 10.6. The maximum atomic E-state index is 12.2. The first-order valence-corrected chi connectivity index (χ1v) is 7.54. The second kappa shape index (κ2) is 7.64. The van der Waals surface area contributed by atoms with Gasteiger partial charge in [0.1, 0.15) is 0 Å². The predicted molar refractivity (Wildman–Crippen MR) is 87.9 cm³/mol. The van der Waals surface area contributed by atoms with E-state index in [9.17, 15) is 4.79 Å². The van der Waals surface area contributed by atoms with Gasteiger partial charge in [-0.15, -0.1) is 6.58 Å². The number of benzene rings is 1. The summed E-state index contributed by atoms with van der Waals surface area (Å²) in [5, 5.41) is 7.04. The topological polar surface area (TPSA) is 53.9 Å². The summed E-state index contributed by atoms with van der Waals surface area (Å²) in [6.07, 6.45) is 2.30. The van der Waals surface area contributed by atoms with Crippen molar-refractivity contribution in [3.63, 3.8) is 0 Å². The van der Waals surface area contributed by atoms with Crippen molar-refractivity contribution in [2.75, 3.05) is 13.1 Å². The van der Waals surface area contributed by atoms with E-state index < -0.39 is 0 Å². The van der Waals surface area contributed by atoms with Crippen LogP contribution < -0.4 is 5.32 Å². The molecule has 118 valence electrons. The van der Waals surface area contributed by atoms with Gasteiger partial charge in [0.25, 0.3) is 0 Å². The molecule has 5 nitrogen and oxygen atoms in total. The maximum absolute atomic E-state index is 12.2. The molecule has 0 aliphatic carbocycles. The molecule has 1 aliphatic rings. The van der Waals surface area contributed by atoms with Gasteiger partial charge in [-0.1, -0.05) is 41.6 Å². The number of rotatable bonds is 6. The first-order valence-electron chi connectivity index (χ1n) is 7.54. The van der Waals surface area contributed by atoms with Crippen molar-refractivity contribution in [1.82, 2.24) is 10.2 Å². The van der Waals surface area contributed by atoms with Crippen LogP contribution in [0.3, 0.4) is 0 Å². The average molecular weight is 301 g/mol. The Hall–Kier alpha value is -2.30. The summed E-state index contributed by atoms with van der Waals surface area (Å²) in [5.74, 6) is 0. The van der Waals surface area contributed by atoms with Crippen molar-refractivity contribution >= 4 is 11.7 Å². The molecule has 0 unspecified atom stereocenters. The molecule has 0 aromatic heterocycles. The highest BCUT2D eigenvalue weighted by atomic mass is 16.6. The van der Waals surface area contributed by atoms with Crippen LogP contribution in [0.1, 0.15) is 25.8 Å². The van der Waals surface area contributed by atoms with Crippen LogP contribution in [0.2, 0.25) is 0 Å². The highest BCUT2D eigenvalue weighted by Gasteiger charge is 2.26. The van der Waals surface area contributed by atoms with Gasteiger partial charge >= 0.3 is 6.03 Å². The Kier molecular flexibility index (Phi) is 5.58. The number of nitrogens with one attached hydrogen (secondary N) is 1. The standard InChI is InChI=1S/C17H23N3O2/c1-4-10-20(17(21)18-13(2)3)12-15-11-16(19-22-15)14-8-6-5-7-9-14/h4-9,13,15H,1,10-12H2,2-3H3,(H,18,21)/t15-/m0/s1. The van der Waals surface area contributed by atoms with E-state index in [4.69, 9.17) is 4.84 Å². The summed E-state index contributed by atoms with van der Waals surface area (Å²) < 4.78 is 0. The van der Waals surface area contributed by atoms with E-state index in [0.717, 1.165) is 11.3 Å². The molecule has 2 rings (SSSR count). The molecule has 1 atom stereocenters. The van der Waals surface area contributed by atoms with E-state index in [2.05, 4.69) is 17.1 Å². The Morgan fingerprint density at radius 3 is 2.86 bits per heavy atom. The minimum Gasteiger partial charge on any atom is -0.390 e. The van der Waals surface area contributed by atoms with Gasteiger partial charge in [-0.25, -0.2) is 4.79 Å². The van der Waals surface area contributed by atoms with Gasteiger partial charge in [0.05, 0.1) is 12.3 Å². The van der Waals surface area contributed by atoms with Crippen molar-refractivity contribution in [2.24, 2.45) is 5.16 Å². The lowest BCUT2D eigenvalue weighted by atomic mass is 10.1. The van der Waals surface area contributed by atoms with E-state index in [0.29, 0.717) is 19.5 Å². The second-order valence-electron chi connectivity index (χ2n) is 5.63. The van der Waals surface area contributed by atoms with Crippen LogP contribution in [-0.4, -0.2) is 41.9 Å². The summed E-state index contributed by atoms with van der Waals surface area (Å²) in [6.45, 7) is 8.56. The van der Waals surface area contributed by atoms with Gasteiger partial charge in [-0.3, -0.25) is 0 Å². The minimum absolute atomic E-state index is 0.0976. The quantitative estimate of drug-likeness (QED) is 0.821. The Labute approximate surface area is 131 Å². The smallest absolute Gasteiger partial charge is 0.318 e. The number of hydrogen-bond acceptors (Lipinski definition) is 3. The Morgan fingerprint density at radius 1 is 1.50 bits per heavy atom. The normalized spacial score (nSPS) is 16.9. The molecule has 0 spiro atoms. The molecule has 2 amide bonds. The summed E-state index contributed by atoms with van der Waals surface area (Å²) in [7, 11) is 0. The third kappa shape index (κ3) is 4.35. The van der Waals surface area contributed by atoms with Crippen molar-refractivity contribution in [3.05, 3.63) is 48.6 Å². The Morgan fingerprint density at radius 2 is 2.23 bits per heavy atom. The summed E-state index contributed by atoms with van der Waals surface area (Å²) in [4.78, 5) is 19.3. The Balaban J connectivity index is 1.93. The highest BCUT2D eigenvalue weighted by Crippen LogP contribution is 2.17. The molecule has 0 saturated carbocycles. The number of hydrogen-bond donors (Lipinski definition) is 1. The van der Waals surface area contributed by atoms with Gasteiger partial charge in [-0.2, -0.15) is 0 Å². The fourth-order valence-electron chi connectivity index (χ4n) is 2.31. The van der Waals surface area contributed by atoms with Crippen LogP contribution in [0, 0.1) is 0 Å². The van der Waals surface area contributed by atoms with Crippen molar-refractivity contribution < 1.29 is 9.63 Å². The number of oxime groups is 1. The van der Waals surface area contributed by atoms with Gasteiger partial charge in [-0.05, 0) is 19.4 Å². The predicted octanol–water partition coefficient (Wildman–Crippen LogP) is 2.79. The second-order valence-corrected chi connectivity index (χ2v) is 5.63. The van der Waals surface area contributed by atoms with Gasteiger partial charge < -0.3 is 15.1 Å². The van der Waals surface area contributed by atoms with Crippen LogP contribution in [0.4, 0.5) is 4.79 Å². The molecule has 22 heavy (non-hydrogen) atoms. The zero-order valence-corrected chi connectivity index (χ0v) is 13.2. The molecule has 1 aromatic carbocycles. The molecule has 1 aliphatic heterocycles. The molecule has 0 radical (unpaired) electrons. The van der Waals surface area contributed by atoms with Crippen LogP contribution in [0.15, 0.2) is 48.1 Å². The van der Waals surface area contributed by atoms with E-state index in [1.165, 1.54) is 0 Å². The molecule has 0 fully saturated rings. The lowest BCUT2D eigenvalue weighted by molar-refractivity contribution is 0.0626. The molecule has 5 heteroatoms. The van der Waals surface area contributed by atoms with Crippen LogP contribution in [0.5, 0.6) is 0 Å². The fraction of sp³-hybridized carbons (Fsp3) is 0.412. The summed E-state index contributed by atoms with van der Waals surface area (Å²) in [6, 6.07) is 9.94. The molecule has 0 saturated heterocycles. The van der Waals surface area contributed by atoms with E-state index in [1.54, 1.807) is 11.0 Å². The summed E-state index contributed by atoms with van der Waals surface area (Å²) in [5.41, 5.74) is 1.99.